The Morgan fingerprint density at radius 3 is 2.30 bits per heavy atom. The monoisotopic (exact) mass is 277 g/mol. The van der Waals surface area contributed by atoms with Gasteiger partial charge in [0.2, 0.25) is 0 Å². The van der Waals surface area contributed by atoms with Crippen LogP contribution in [0.25, 0.3) is 0 Å². The van der Waals surface area contributed by atoms with Crippen LogP contribution >= 0.6 is 0 Å². The van der Waals surface area contributed by atoms with Gasteiger partial charge in [-0.05, 0) is 40.5 Å². The van der Waals surface area contributed by atoms with Crippen molar-refractivity contribution in [2.75, 3.05) is 18.0 Å². The Kier molecular flexibility index (Phi) is 4.35. The molecule has 0 aromatic carbocycles. The van der Waals surface area contributed by atoms with Crippen LogP contribution in [0.3, 0.4) is 0 Å². The van der Waals surface area contributed by atoms with E-state index in [4.69, 9.17) is 4.65 Å². The Morgan fingerprint density at radius 1 is 1.15 bits per heavy atom. The van der Waals surface area contributed by atoms with E-state index in [0.717, 1.165) is 24.5 Å². The highest BCUT2D eigenvalue weighted by atomic mass is 16.5. The molecule has 0 bridgehead atoms. The summed E-state index contributed by atoms with van der Waals surface area (Å²) in [6, 6.07) is 0. The quantitative estimate of drug-likeness (QED) is 0.800. The lowest BCUT2D eigenvalue weighted by Gasteiger charge is -2.37. The number of anilines is 1. The van der Waals surface area contributed by atoms with Crippen molar-refractivity contribution in [3.8, 4) is 0 Å². The lowest BCUT2D eigenvalue weighted by atomic mass is 9.85. The highest BCUT2D eigenvalue weighted by Crippen LogP contribution is 2.24. The molecule has 0 saturated carbocycles. The summed E-state index contributed by atoms with van der Waals surface area (Å²) in [4.78, 5) is 11.1. The van der Waals surface area contributed by atoms with Gasteiger partial charge in [-0.3, -0.25) is 4.98 Å². The van der Waals surface area contributed by atoms with Gasteiger partial charge >= 0.3 is 7.48 Å². The van der Waals surface area contributed by atoms with Gasteiger partial charge in [0.15, 0.2) is 0 Å². The van der Waals surface area contributed by atoms with Gasteiger partial charge in [-0.25, -0.2) is 4.98 Å². The van der Waals surface area contributed by atoms with Gasteiger partial charge in [-0.1, -0.05) is 0 Å². The second kappa shape index (κ2) is 5.70. The van der Waals surface area contributed by atoms with Gasteiger partial charge in [-0.2, -0.15) is 0 Å². The number of hydrogen-bond donors (Lipinski definition) is 1. The van der Waals surface area contributed by atoms with Crippen LogP contribution in [0.1, 0.15) is 40.5 Å². The van der Waals surface area contributed by atoms with E-state index in [1.807, 2.05) is 13.8 Å². The molecule has 2 heterocycles. The lowest BCUT2D eigenvalue weighted by molar-refractivity contribution is -0.0893. The van der Waals surface area contributed by atoms with Crippen molar-refractivity contribution in [1.82, 2.24) is 9.97 Å². The summed E-state index contributed by atoms with van der Waals surface area (Å²) >= 11 is 0. The van der Waals surface area contributed by atoms with Crippen molar-refractivity contribution in [2.45, 2.75) is 51.7 Å². The van der Waals surface area contributed by atoms with E-state index in [0.29, 0.717) is 7.48 Å². The molecule has 0 radical (unpaired) electrons. The molecule has 0 aliphatic carbocycles. The van der Waals surface area contributed by atoms with Crippen LogP contribution in [0, 0.1) is 0 Å². The Balaban J connectivity index is 1.94. The van der Waals surface area contributed by atoms with Crippen molar-refractivity contribution in [2.24, 2.45) is 0 Å². The minimum atomic E-state index is -0.907. The molecule has 1 saturated heterocycles. The largest absolute Gasteiger partial charge is 0.425 e. The van der Waals surface area contributed by atoms with E-state index in [1.54, 1.807) is 26.2 Å². The van der Waals surface area contributed by atoms with Crippen molar-refractivity contribution < 1.29 is 9.76 Å². The Bertz CT molecular complexity index is 437. The molecule has 1 fully saturated rings. The second-order valence-corrected chi connectivity index (χ2v) is 6.42. The maximum atomic E-state index is 10.0. The van der Waals surface area contributed by atoms with Gasteiger partial charge in [0.1, 0.15) is 5.82 Å². The van der Waals surface area contributed by atoms with Crippen molar-refractivity contribution >= 4 is 18.9 Å². The summed E-state index contributed by atoms with van der Waals surface area (Å²) in [5.41, 5.74) is -0.761. The summed E-state index contributed by atoms with van der Waals surface area (Å²) in [6.45, 7) is 9.37. The summed E-state index contributed by atoms with van der Waals surface area (Å²) in [5, 5.41) is 10.0. The molecule has 110 valence electrons. The fourth-order valence-corrected chi connectivity index (χ4v) is 1.96. The fraction of sp³-hybridized carbons (Fsp3) is 0.714. The summed E-state index contributed by atoms with van der Waals surface area (Å²) in [7, 11) is 0.351. The molecule has 5 nitrogen and oxygen atoms in total. The number of aromatic nitrogens is 2. The Morgan fingerprint density at radius 2 is 1.80 bits per heavy atom. The standard InChI is InChI=1S/C14H24BN3O2/c1-13(2,19)14(3,4)20-15-11-9-17-12(10-16-11)18-7-5-6-8-18/h9-10,15,19H,5-8H2,1-4H3. The second-order valence-electron chi connectivity index (χ2n) is 6.42. The molecule has 1 aliphatic rings. The molecule has 6 heteroatoms. The topological polar surface area (TPSA) is 58.5 Å². The molecule has 1 aromatic rings. The molecule has 1 aliphatic heterocycles. The SMILES string of the molecule is CC(C)(O)C(C)(C)OBc1cnc(N2CCCC2)cn1. The predicted octanol–water partition coefficient (Wildman–Crippen LogP) is 0.620. The van der Waals surface area contributed by atoms with E-state index in [9.17, 15) is 5.11 Å². The van der Waals surface area contributed by atoms with Crippen LogP contribution in [0.5, 0.6) is 0 Å². The highest BCUT2D eigenvalue weighted by molar-refractivity contribution is 6.45. The number of nitrogens with zero attached hydrogens (tertiary/aromatic N) is 3. The maximum Gasteiger partial charge on any atom is 0.331 e. The first-order valence-electron chi connectivity index (χ1n) is 7.22. The van der Waals surface area contributed by atoms with E-state index >= 15 is 0 Å². The normalized spacial score (nSPS) is 16.6. The Labute approximate surface area is 121 Å². The summed E-state index contributed by atoms with van der Waals surface area (Å²) < 4.78 is 5.78. The first-order valence-corrected chi connectivity index (χ1v) is 7.22. The van der Waals surface area contributed by atoms with Gasteiger partial charge in [0, 0.05) is 19.3 Å². The zero-order chi connectivity index (χ0) is 14.8. The maximum absolute atomic E-state index is 10.0. The third kappa shape index (κ3) is 3.49. The van der Waals surface area contributed by atoms with Gasteiger partial charge in [0.05, 0.1) is 23.0 Å². The molecular weight excluding hydrogens is 253 g/mol. The molecule has 20 heavy (non-hydrogen) atoms. The smallest absolute Gasteiger partial charge is 0.331 e. The van der Waals surface area contributed by atoms with Gasteiger partial charge in [0.25, 0.3) is 0 Å². The zero-order valence-electron chi connectivity index (χ0n) is 12.9. The van der Waals surface area contributed by atoms with Gasteiger partial charge in [-0.15, -0.1) is 0 Å². The first-order chi connectivity index (χ1) is 9.29. The molecule has 0 atom stereocenters. The summed E-state index contributed by atoms with van der Waals surface area (Å²) in [6.07, 6.45) is 6.02. The van der Waals surface area contributed by atoms with E-state index in [2.05, 4.69) is 14.9 Å². The van der Waals surface area contributed by atoms with Crippen LogP contribution in [-0.2, 0) is 4.65 Å². The average molecular weight is 277 g/mol. The fourth-order valence-electron chi connectivity index (χ4n) is 1.96. The van der Waals surface area contributed by atoms with Crippen LogP contribution in [-0.4, -0.2) is 46.8 Å². The molecule has 1 aromatic heterocycles. The molecule has 0 spiro atoms. The minimum Gasteiger partial charge on any atom is -0.425 e. The van der Waals surface area contributed by atoms with Crippen LogP contribution in [0.15, 0.2) is 12.4 Å². The average Bonchev–Trinajstić information content (AvgIpc) is 2.89. The number of rotatable bonds is 5. The lowest BCUT2D eigenvalue weighted by Crippen LogP contribution is -2.49. The van der Waals surface area contributed by atoms with Crippen LogP contribution in [0.4, 0.5) is 5.82 Å². The first kappa shape index (κ1) is 15.3. The van der Waals surface area contributed by atoms with E-state index in [1.165, 1.54) is 12.8 Å². The van der Waals surface area contributed by atoms with Crippen LogP contribution in [0.2, 0.25) is 0 Å². The van der Waals surface area contributed by atoms with Gasteiger partial charge < -0.3 is 14.7 Å². The molecule has 2 rings (SSSR count). The summed E-state index contributed by atoms with van der Waals surface area (Å²) in [5.74, 6) is 0.938. The van der Waals surface area contributed by atoms with Crippen molar-refractivity contribution in [3.05, 3.63) is 12.4 Å². The highest BCUT2D eigenvalue weighted by Gasteiger charge is 2.35. The minimum absolute atomic E-state index is 0.351. The van der Waals surface area contributed by atoms with Crippen molar-refractivity contribution in [1.29, 1.82) is 0 Å². The third-order valence-corrected chi connectivity index (χ3v) is 4.18. The molecule has 0 amide bonds. The zero-order valence-corrected chi connectivity index (χ0v) is 12.9. The number of aliphatic hydroxyl groups is 1. The molecule has 0 unspecified atom stereocenters. The van der Waals surface area contributed by atoms with E-state index in [-0.39, 0.29) is 0 Å². The van der Waals surface area contributed by atoms with Crippen LogP contribution < -0.4 is 10.5 Å². The third-order valence-electron chi connectivity index (χ3n) is 4.18. The molecule has 1 N–H and O–H groups in total. The number of hydrogen-bond acceptors (Lipinski definition) is 5. The van der Waals surface area contributed by atoms with E-state index < -0.39 is 11.2 Å². The Hall–Kier alpha value is -1.14. The van der Waals surface area contributed by atoms with Crippen molar-refractivity contribution in [3.63, 3.8) is 0 Å². The molecular formula is C14H24BN3O2. The predicted molar refractivity (Wildman–Crippen MR) is 81.7 cm³/mol.